The van der Waals surface area contributed by atoms with Crippen LogP contribution in [0.1, 0.15) is 45.6 Å². The number of ether oxygens (including phenoxy) is 1. The third kappa shape index (κ3) is 7.75. The van der Waals surface area contributed by atoms with Crippen molar-refractivity contribution in [3.05, 3.63) is 29.6 Å². The van der Waals surface area contributed by atoms with Crippen LogP contribution in [0, 0.1) is 5.82 Å². The van der Waals surface area contributed by atoms with Crippen molar-refractivity contribution in [3.8, 4) is 0 Å². The Morgan fingerprint density at radius 2 is 1.81 bits per heavy atom. The largest absolute Gasteiger partial charge is 0.378 e. The lowest BCUT2D eigenvalue weighted by atomic mass is 9.98. The van der Waals surface area contributed by atoms with E-state index in [0.717, 1.165) is 50.8 Å². The molecule has 0 aromatic heterocycles. The molecule has 0 amide bonds. The second kappa shape index (κ2) is 12.8. The normalized spacial score (nSPS) is 18.5. The van der Waals surface area contributed by atoms with Crippen LogP contribution in [0.25, 0.3) is 0 Å². The zero-order valence-corrected chi connectivity index (χ0v) is 21.6. The van der Waals surface area contributed by atoms with Gasteiger partial charge in [-0.05, 0) is 64.4 Å². The topological polar surface area (TPSA) is 52.1 Å². The molecule has 2 aliphatic rings. The molecule has 2 N–H and O–H groups in total. The maximum absolute atomic E-state index is 14.6. The minimum Gasteiger partial charge on any atom is -0.378 e. The highest BCUT2D eigenvalue weighted by molar-refractivity contribution is 14.0. The van der Waals surface area contributed by atoms with Gasteiger partial charge in [0.1, 0.15) is 5.82 Å². The highest BCUT2D eigenvalue weighted by atomic mass is 127. The molecule has 0 saturated carbocycles. The van der Waals surface area contributed by atoms with E-state index < -0.39 is 0 Å². The first-order valence-corrected chi connectivity index (χ1v) is 11.4. The molecule has 0 spiro atoms. The van der Waals surface area contributed by atoms with Crippen LogP contribution in [0.3, 0.4) is 0 Å². The summed E-state index contributed by atoms with van der Waals surface area (Å²) in [7, 11) is 0. The summed E-state index contributed by atoms with van der Waals surface area (Å²) in [4.78, 5) is 9.29. The van der Waals surface area contributed by atoms with Gasteiger partial charge in [-0.1, -0.05) is 12.5 Å². The predicted molar refractivity (Wildman–Crippen MR) is 137 cm³/mol. The molecular formula is C23H39FIN5O. The molecule has 1 aromatic rings. The van der Waals surface area contributed by atoms with Crippen molar-refractivity contribution < 1.29 is 9.13 Å². The number of nitrogens with zero attached hydrogens (tertiary/aromatic N) is 3. The highest BCUT2D eigenvalue weighted by Crippen LogP contribution is 2.22. The van der Waals surface area contributed by atoms with Gasteiger partial charge in [0.25, 0.3) is 0 Å². The lowest BCUT2D eigenvalue weighted by Gasteiger charge is -2.41. The van der Waals surface area contributed by atoms with Crippen molar-refractivity contribution in [2.75, 3.05) is 57.4 Å². The third-order valence-corrected chi connectivity index (χ3v) is 6.03. The van der Waals surface area contributed by atoms with E-state index in [1.54, 1.807) is 6.07 Å². The second-order valence-corrected chi connectivity index (χ2v) is 8.79. The summed E-state index contributed by atoms with van der Waals surface area (Å²) in [6, 6.07) is 5.44. The van der Waals surface area contributed by atoms with Gasteiger partial charge in [0.05, 0.1) is 25.4 Å². The van der Waals surface area contributed by atoms with Gasteiger partial charge in [-0.15, -0.1) is 24.0 Å². The highest BCUT2D eigenvalue weighted by Gasteiger charge is 2.27. The molecule has 0 atom stereocenters. The zero-order valence-electron chi connectivity index (χ0n) is 19.3. The average Bonchev–Trinajstić information content (AvgIpc) is 2.77. The van der Waals surface area contributed by atoms with Crippen LogP contribution in [0.4, 0.5) is 10.1 Å². The van der Waals surface area contributed by atoms with E-state index in [1.807, 2.05) is 17.0 Å². The van der Waals surface area contributed by atoms with Crippen LogP contribution in [-0.2, 0) is 11.3 Å². The van der Waals surface area contributed by atoms with Gasteiger partial charge in [0.15, 0.2) is 5.96 Å². The van der Waals surface area contributed by atoms with Gasteiger partial charge in [-0.3, -0.25) is 4.90 Å². The molecule has 3 rings (SSSR count). The van der Waals surface area contributed by atoms with E-state index in [9.17, 15) is 4.39 Å². The van der Waals surface area contributed by atoms with Gasteiger partial charge in [0, 0.05) is 31.7 Å². The molecule has 176 valence electrons. The van der Waals surface area contributed by atoms with Crippen LogP contribution < -0.4 is 15.5 Å². The minimum absolute atomic E-state index is 0. The maximum Gasteiger partial charge on any atom is 0.191 e. The van der Waals surface area contributed by atoms with Gasteiger partial charge in [0.2, 0.25) is 0 Å². The fourth-order valence-electron chi connectivity index (χ4n) is 4.13. The van der Waals surface area contributed by atoms with Crippen molar-refractivity contribution in [1.82, 2.24) is 15.5 Å². The lowest BCUT2D eigenvalue weighted by molar-refractivity contribution is 0.0982. The molecular weight excluding hydrogens is 508 g/mol. The summed E-state index contributed by atoms with van der Waals surface area (Å²) in [5.74, 6) is 0.592. The molecule has 1 aromatic carbocycles. The third-order valence-electron chi connectivity index (χ3n) is 6.03. The number of rotatable bonds is 7. The summed E-state index contributed by atoms with van der Waals surface area (Å²) >= 11 is 0. The number of anilines is 1. The van der Waals surface area contributed by atoms with Crippen molar-refractivity contribution in [3.63, 3.8) is 0 Å². The first-order valence-electron chi connectivity index (χ1n) is 11.4. The summed E-state index contributed by atoms with van der Waals surface area (Å²) in [6.07, 6.45) is 3.90. The first-order chi connectivity index (χ1) is 14.5. The Kier molecular flexibility index (Phi) is 10.8. The standard InChI is InChI=1S/C23H38FN5O.HI/c1-4-25-22(27-18-23(2,3)29-10-6-5-7-11-29)26-17-19-8-9-21(20(24)16-19)28-12-14-30-15-13-28;/h8-9,16H,4-7,10-15,17-18H2,1-3H3,(H2,25,26,27);1H. The van der Waals surface area contributed by atoms with Crippen molar-refractivity contribution in [1.29, 1.82) is 0 Å². The SMILES string of the molecule is CCNC(=NCc1ccc(N2CCOCC2)c(F)c1)NCC(C)(C)N1CCCCC1.I. The Labute approximate surface area is 204 Å². The minimum atomic E-state index is -0.186. The number of benzene rings is 1. The van der Waals surface area contributed by atoms with E-state index in [1.165, 1.54) is 19.3 Å². The van der Waals surface area contributed by atoms with Crippen LogP contribution >= 0.6 is 24.0 Å². The number of nitrogens with one attached hydrogen (secondary N) is 2. The van der Waals surface area contributed by atoms with Crippen LogP contribution in [-0.4, -0.2) is 68.9 Å². The molecule has 8 heteroatoms. The summed E-state index contributed by atoms with van der Waals surface area (Å²) < 4.78 is 20.0. The second-order valence-electron chi connectivity index (χ2n) is 8.79. The van der Waals surface area contributed by atoms with Crippen molar-refractivity contribution >= 4 is 35.6 Å². The number of aliphatic imine (C=N–C) groups is 1. The molecule has 6 nitrogen and oxygen atoms in total. The Morgan fingerprint density at radius 1 is 1.10 bits per heavy atom. The number of morpholine rings is 1. The summed E-state index contributed by atoms with van der Waals surface area (Å²) in [5, 5.41) is 6.80. The molecule has 0 aliphatic carbocycles. The number of likely N-dealkylation sites (tertiary alicyclic amines) is 1. The molecule has 0 radical (unpaired) electrons. The van der Waals surface area contributed by atoms with E-state index >= 15 is 0 Å². The number of piperidine rings is 1. The lowest BCUT2D eigenvalue weighted by Crippen LogP contribution is -2.54. The number of halogens is 2. The monoisotopic (exact) mass is 547 g/mol. The van der Waals surface area contributed by atoms with Crippen LogP contribution in [0.5, 0.6) is 0 Å². The zero-order chi connectivity index (χ0) is 21.4. The molecule has 2 heterocycles. The molecule has 31 heavy (non-hydrogen) atoms. The predicted octanol–water partition coefficient (Wildman–Crippen LogP) is 3.60. The van der Waals surface area contributed by atoms with Crippen molar-refractivity contribution in [2.24, 2.45) is 4.99 Å². The average molecular weight is 548 g/mol. The van der Waals surface area contributed by atoms with Crippen LogP contribution in [0.2, 0.25) is 0 Å². The number of hydrogen-bond acceptors (Lipinski definition) is 4. The van der Waals surface area contributed by atoms with E-state index in [-0.39, 0.29) is 35.3 Å². The quantitative estimate of drug-likeness (QED) is 0.311. The Morgan fingerprint density at radius 3 is 2.45 bits per heavy atom. The smallest absolute Gasteiger partial charge is 0.191 e. The van der Waals surface area contributed by atoms with E-state index in [0.29, 0.717) is 25.4 Å². The first kappa shape index (κ1) is 26.1. The van der Waals surface area contributed by atoms with Crippen molar-refractivity contribution in [2.45, 2.75) is 52.1 Å². The summed E-state index contributed by atoms with van der Waals surface area (Å²) in [6.45, 7) is 13.8. The molecule has 2 fully saturated rings. The number of hydrogen-bond donors (Lipinski definition) is 2. The Balaban J connectivity index is 0.00000341. The summed E-state index contributed by atoms with van der Waals surface area (Å²) in [5.41, 5.74) is 1.60. The van der Waals surface area contributed by atoms with Gasteiger partial charge < -0.3 is 20.3 Å². The van der Waals surface area contributed by atoms with Crippen LogP contribution in [0.15, 0.2) is 23.2 Å². The molecule has 2 aliphatic heterocycles. The number of guanidine groups is 1. The molecule has 0 unspecified atom stereocenters. The van der Waals surface area contributed by atoms with Gasteiger partial charge in [-0.2, -0.15) is 0 Å². The van der Waals surface area contributed by atoms with Gasteiger partial charge >= 0.3 is 0 Å². The fraction of sp³-hybridized carbons (Fsp3) is 0.696. The van der Waals surface area contributed by atoms with E-state index in [2.05, 4.69) is 36.3 Å². The fourth-order valence-corrected chi connectivity index (χ4v) is 4.13. The maximum atomic E-state index is 14.6. The van der Waals surface area contributed by atoms with Gasteiger partial charge in [-0.25, -0.2) is 9.38 Å². The Hall–Kier alpha value is -1.13. The molecule has 2 saturated heterocycles. The Bertz CT molecular complexity index is 703. The molecule has 0 bridgehead atoms. The van der Waals surface area contributed by atoms with E-state index in [4.69, 9.17) is 9.73 Å².